The lowest BCUT2D eigenvalue weighted by Crippen LogP contribution is -2.43. The fourth-order valence-corrected chi connectivity index (χ4v) is 6.17. The summed E-state index contributed by atoms with van der Waals surface area (Å²) in [5, 5.41) is 5.17. The SMILES string of the molecule is Cc1cc(C)c(-c2c(C)nn3c4c(c(C)nc23)CCC(CC2CC2)N4CC2CC2)c(C)c1. The molecule has 0 radical (unpaired) electrons. The minimum atomic E-state index is 0.663. The Morgan fingerprint density at radius 1 is 0.844 bits per heavy atom. The van der Waals surface area contributed by atoms with Gasteiger partial charge in [-0.15, -0.1) is 0 Å². The van der Waals surface area contributed by atoms with E-state index in [1.807, 2.05) is 0 Å². The minimum Gasteiger partial charge on any atom is -0.353 e. The minimum absolute atomic E-state index is 0.663. The highest BCUT2D eigenvalue weighted by atomic mass is 15.4. The Kier molecular flexibility index (Phi) is 4.64. The summed E-state index contributed by atoms with van der Waals surface area (Å²) in [5.74, 6) is 3.17. The van der Waals surface area contributed by atoms with Crippen molar-refractivity contribution in [1.82, 2.24) is 14.6 Å². The molecule has 3 heterocycles. The molecule has 0 bridgehead atoms. The van der Waals surface area contributed by atoms with E-state index in [1.165, 1.54) is 90.0 Å². The molecule has 4 nitrogen and oxygen atoms in total. The maximum absolute atomic E-state index is 5.19. The number of aryl methyl sites for hydroxylation is 5. The molecule has 3 aromatic rings. The van der Waals surface area contributed by atoms with Crippen molar-refractivity contribution in [2.24, 2.45) is 11.8 Å². The Morgan fingerprint density at radius 3 is 2.19 bits per heavy atom. The van der Waals surface area contributed by atoms with Gasteiger partial charge in [-0.05, 0) is 95.2 Å². The third-order valence-corrected chi connectivity index (χ3v) is 8.04. The second-order valence-corrected chi connectivity index (χ2v) is 10.9. The molecule has 6 rings (SSSR count). The van der Waals surface area contributed by atoms with Gasteiger partial charge < -0.3 is 4.90 Å². The van der Waals surface area contributed by atoms with Gasteiger partial charge in [-0.25, -0.2) is 4.98 Å². The Hall–Kier alpha value is -2.36. The molecule has 2 aromatic heterocycles. The second-order valence-electron chi connectivity index (χ2n) is 10.9. The lowest BCUT2D eigenvalue weighted by atomic mass is 9.92. The maximum atomic E-state index is 5.19. The smallest absolute Gasteiger partial charge is 0.165 e. The first-order valence-electron chi connectivity index (χ1n) is 12.6. The van der Waals surface area contributed by atoms with Gasteiger partial charge in [0.05, 0.1) is 11.3 Å². The zero-order valence-electron chi connectivity index (χ0n) is 20.3. The van der Waals surface area contributed by atoms with Crippen LogP contribution in [0.4, 0.5) is 5.82 Å². The molecule has 1 aliphatic heterocycles. The summed E-state index contributed by atoms with van der Waals surface area (Å²) < 4.78 is 2.23. The zero-order chi connectivity index (χ0) is 22.1. The third kappa shape index (κ3) is 3.34. The van der Waals surface area contributed by atoms with Crippen LogP contribution in [0.25, 0.3) is 16.8 Å². The van der Waals surface area contributed by atoms with Crippen molar-refractivity contribution >= 4 is 11.5 Å². The van der Waals surface area contributed by atoms with Crippen LogP contribution in [0.15, 0.2) is 12.1 Å². The van der Waals surface area contributed by atoms with Gasteiger partial charge in [-0.3, -0.25) is 0 Å². The summed E-state index contributed by atoms with van der Waals surface area (Å²) in [6.07, 6.45) is 9.41. The number of aromatic nitrogens is 3. The van der Waals surface area contributed by atoms with E-state index in [1.54, 1.807) is 0 Å². The Labute approximate surface area is 192 Å². The van der Waals surface area contributed by atoms with Crippen LogP contribution >= 0.6 is 0 Å². The molecular formula is C28H36N4. The van der Waals surface area contributed by atoms with Gasteiger partial charge in [-0.2, -0.15) is 9.61 Å². The first-order chi connectivity index (χ1) is 15.4. The number of benzene rings is 1. The Morgan fingerprint density at radius 2 is 1.53 bits per heavy atom. The summed E-state index contributed by atoms with van der Waals surface area (Å²) in [6, 6.07) is 5.25. The molecule has 0 saturated heterocycles. The molecule has 32 heavy (non-hydrogen) atoms. The predicted octanol–water partition coefficient (Wildman–Crippen LogP) is 6.27. The van der Waals surface area contributed by atoms with Crippen molar-refractivity contribution in [3.63, 3.8) is 0 Å². The Bertz CT molecular complexity index is 1190. The molecule has 3 aliphatic rings. The molecule has 2 saturated carbocycles. The van der Waals surface area contributed by atoms with E-state index in [4.69, 9.17) is 10.1 Å². The van der Waals surface area contributed by atoms with Crippen molar-refractivity contribution < 1.29 is 0 Å². The molecule has 168 valence electrons. The van der Waals surface area contributed by atoms with Crippen LogP contribution in [0.1, 0.15) is 72.2 Å². The van der Waals surface area contributed by atoms with E-state index in [0.717, 1.165) is 29.6 Å². The van der Waals surface area contributed by atoms with E-state index in [9.17, 15) is 0 Å². The number of hydrogen-bond donors (Lipinski definition) is 0. The van der Waals surface area contributed by atoms with Crippen LogP contribution in [0.5, 0.6) is 0 Å². The van der Waals surface area contributed by atoms with Crippen LogP contribution in [0.3, 0.4) is 0 Å². The van der Waals surface area contributed by atoms with Crippen LogP contribution < -0.4 is 4.90 Å². The predicted molar refractivity (Wildman–Crippen MR) is 132 cm³/mol. The van der Waals surface area contributed by atoms with Crippen LogP contribution in [0.2, 0.25) is 0 Å². The average Bonchev–Trinajstić information content (AvgIpc) is 3.64. The summed E-state index contributed by atoms with van der Waals surface area (Å²) in [4.78, 5) is 7.96. The highest BCUT2D eigenvalue weighted by Gasteiger charge is 2.38. The molecule has 4 heteroatoms. The molecule has 1 aromatic carbocycles. The molecule has 0 N–H and O–H groups in total. The number of hydrogen-bond acceptors (Lipinski definition) is 3. The molecule has 2 fully saturated rings. The fourth-order valence-electron chi connectivity index (χ4n) is 6.17. The quantitative estimate of drug-likeness (QED) is 0.480. The third-order valence-electron chi connectivity index (χ3n) is 8.04. The number of nitrogens with zero attached hydrogens (tertiary/aromatic N) is 4. The molecule has 2 aliphatic carbocycles. The normalized spacial score (nSPS) is 20.8. The van der Waals surface area contributed by atoms with Gasteiger partial charge in [0, 0.05) is 23.8 Å². The van der Waals surface area contributed by atoms with E-state index in [0.29, 0.717) is 6.04 Å². The second kappa shape index (κ2) is 7.33. The van der Waals surface area contributed by atoms with Crippen molar-refractivity contribution in [3.05, 3.63) is 45.8 Å². The molecule has 1 atom stereocenters. The highest BCUT2D eigenvalue weighted by molar-refractivity contribution is 5.85. The number of rotatable bonds is 5. The fraction of sp³-hybridized carbons (Fsp3) is 0.571. The van der Waals surface area contributed by atoms with Crippen LogP contribution in [0, 0.1) is 46.5 Å². The van der Waals surface area contributed by atoms with Crippen molar-refractivity contribution in [2.75, 3.05) is 11.4 Å². The van der Waals surface area contributed by atoms with Crippen LogP contribution in [-0.4, -0.2) is 27.2 Å². The zero-order valence-corrected chi connectivity index (χ0v) is 20.3. The Balaban J connectivity index is 1.56. The summed E-state index contributed by atoms with van der Waals surface area (Å²) in [5.41, 5.74) is 11.3. The summed E-state index contributed by atoms with van der Waals surface area (Å²) in [7, 11) is 0. The number of fused-ring (bicyclic) bond motifs is 3. The monoisotopic (exact) mass is 428 g/mol. The molecule has 0 spiro atoms. The van der Waals surface area contributed by atoms with Gasteiger partial charge in [0.25, 0.3) is 0 Å². The van der Waals surface area contributed by atoms with Crippen LogP contribution in [-0.2, 0) is 6.42 Å². The molecule has 1 unspecified atom stereocenters. The van der Waals surface area contributed by atoms with Crippen molar-refractivity contribution in [2.45, 2.75) is 85.6 Å². The standard InChI is InChI=1S/C28H36N4/c1-16-12-17(2)25(18(3)13-16)26-20(5)30-32-27(26)29-19(4)24-11-10-23(14-21-6-7-21)31(28(24)32)15-22-8-9-22/h12-13,21-23H,6-11,14-15H2,1-5H3. The lowest BCUT2D eigenvalue weighted by Gasteiger charge is -2.39. The van der Waals surface area contributed by atoms with E-state index >= 15 is 0 Å². The number of anilines is 1. The summed E-state index contributed by atoms with van der Waals surface area (Å²) >= 11 is 0. The van der Waals surface area contributed by atoms with Gasteiger partial charge in [0.15, 0.2) is 5.65 Å². The first kappa shape index (κ1) is 20.3. The van der Waals surface area contributed by atoms with Gasteiger partial charge in [0.1, 0.15) is 5.82 Å². The largest absolute Gasteiger partial charge is 0.353 e. The maximum Gasteiger partial charge on any atom is 0.165 e. The average molecular weight is 429 g/mol. The van der Waals surface area contributed by atoms with Gasteiger partial charge >= 0.3 is 0 Å². The van der Waals surface area contributed by atoms with E-state index in [2.05, 4.69) is 56.2 Å². The van der Waals surface area contributed by atoms with Gasteiger partial charge in [0.2, 0.25) is 0 Å². The van der Waals surface area contributed by atoms with Crippen molar-refractivity contribution in [1.29, 1.82) is 0 Å². The highest BCUT2D eigenvalue weighted by Crippen LogP contribution is 2.44. The van der Waals surface area contributed by atoms with Gasteiger partial charge in [-0.1, -0.05) is 30.5 Å². The lowest BCUT2D eigenvalue weighted by molar-refractivity contribution is 0.453. The molecular weight excluding hydrogens is 392 g/mol. The first-order valence-corrected chi connectivity index (χ1v) is 12.6. The van der Waals surface area contributed by atoms with Crippen molar-refractivity contribution in [3.8, 4) is 11.1 Å². The summed E-state index contributed by atoms with van der Waals surface area (Å²) in [6.45, 7) is 12.2. The van der Waals surface area contributed by atoms with E-state index in [-0.39, 0.29) is 0 Å². The topological polar surface area (TPSA) is 33.4 Å². The molecule has 0 amide bonds. The van der Waals surface area contributed by atoms with E-state index < -0.39 is 0 Å².